The number of anilines is 2. The van der Waals surface area contributed by atoms with Gasteiger partial charge in [0.2, 0.25) is 12.7 Å². The van der Waals surface area contributed by atoms with Crippen molar-refractivity contribution in [3.8, 4) is 11.5 Å². The van der Waals surface area contributed by atoms with Gasteiger partial charge in [0.1, 0.15) is 11.4 Å². The Morgan fingerprint density at radius 2 is 1.81 bits per heavy atom. The number of thioether (sulfide) groups is 1. The van der Waals surface area contributed by atoms with Crippen LogP contribution in [0.25, 0.3) is 0 Å². The van der Waals surface area contributed by atoms with E-state index in [-0.39, 0.29) is 29.2 Å². The minimum absolute atomic E-state index is 0.00412. The summed E-state index contributed by atoms with van der Waals surface area (Å²) >= 11 is 1.05. The average Bonchev–Trinajstić information content (AvgIpc) is 3.24. The molecule has 0 bridgehead atoms. The van der Waals surface area contributed by atoms with Crippen LogP contribution < -0.4 is 25.7 Å². The predicted molar refractivity (Wildman–Crippen MR) is 116 cm³/mol. The maximum Gasteiger partial charge on any atom is 0.266 e. The summed E-state index contributed by atoms with van der Waals surface area (Å²) in [7, 11) is 1.46. The van der Waals surface area contributed by atoms with E-state index in [0.29, 0.717) is 22.9 Å². The zero-order valence-corrected chi connectivity index (χ0v) is 17.6. The Balaban J connectivity index is 1.38. The molecule has 0 saturated carbocycles. The lowest BCUT2D eigenvalue weighted by Gasteiger charge is -2.10. The Morgan fingerprint density at radius 3 is 2.59 bits per heavy atom. The number of nitrogens with one attached hydrogen (secondary N) is 2. The second kappa shape index (κ2) is 9.10. The van der Waals surface area contributed by atoms with Gasteiger partial charge in [0.25, 0.3) is 11.5 Å². The molecule has 2 heterocycles. The first kappa shape index (κ1) is 21.4. The van der Waals surface area contributed by atoms with E-state index >= 15 is 0 Å². The number of rotatable bonds is 6. The standard InChI is InChI=1S/C21H17FN4O5S/c1-26-20(29)15(19(28)25-13-4-2-12(22)3-5-13)9-23-21(26)32-10-18(27)24-14-6-7-16-17(8-14)31-11-30-16/h2-9H,10-11H2,1H3,(H,24,27)(H,25,28). The van der Waals surface area contributed by atoms with Gasteiger partial charge >= 0.3 is 0 Å². The number of ether oxygens (including phenoxy) is 2. The molecule has 9 nitrogen and oxygen atoms in total. The number of hydrogen-bond donors (Lipinski definition) is 2. The molecule has 0 atom stereocenters. The van der Waals surface area contributed by atoms with Crippen molar-refractivity contribution in [2.45, 2.75) is 5.16 Å². The van der Waals surface area contributed by atoms with Crippen LogP contribution in [-0.4, -0.2) is 33.9 Å². The maximum atomic E-state index is 13.0. The molecule has 0 saturated heterocycles. The first-order valence-electron chi connectivity index (χ1n) is 9.36. The van der Waals surface area contributed by atoms with E-state index in [9.17, 15) is 18.8 Å². The molecule has 4 rings (SSSR count). The molecule has 1 aliphatic rings. The zero-order valence-electron chi connectivity index (χ0n) is 16.8. The lowest BCUT2D eigenvalue weighted by Crippen LogP contribution is -2.29. The minimum atomic E-state index is -0.665. The minimum Gasteiger partial charge on any atom is -0.454 e. The number of aromatic nitrogens is 2. The largest absolute Gasteiger partial charge is 0.454 e. The van der Waals surface area contributed by atoms with Crippen LogP contribution in [0.15, 0.2) is 58.6 Å². The van der Waals surface area contributed by atoms with E-state index < -0.39 is 17.3 Å². The number of hydrogen-bond acceptors (Lipinski definition) is 7. The highest BCUT2D eigenvalue weighted by molar-refractivity contribution is 7.99. The fourth-order valence-corrected chi connectivity index (χ4v) is 3.59. The van der Waals surface area contributed by atoms with E-state index in [4.69, 9.17) is 9.47 Å². The number of benzene rings is 2. The molecule has 0 radical (unpaired) electrons. The number of carbonyl (C=O) groups is 2. The Labute approximate surface area is 185 Å². The quantitative estimate of drug-likeness (QED) is 0.433. The third-order valence-corrected chi connectivity index (χ3v) is 5.51. The highest BCUT2D eigenvalue weighted by Gasteiger charge is 2.17. The highest BCUT2D eigenvalue weighted by atomic mass is 32.2. The smallest absolute Gasteiger partial charge is 0.266 e. The van der Waals surface area contributed by atoms with Gasteiger partial charge in [-0.1, -0.05) is 11.8 Å². The molecule has 3 aromatic rings. The number of nitrogens with zero attached hydrogens (tertiary/aromatic N) is 2. The third kappa shape index (κ3) is 4.72. The molecule has 1 aromatic heterocycles. The first-order chi connectivity index (χ1) is 15.4. The van der Waals surface area contributed by atoms with Crippen molar-refractivity contribution in [1.29, 1.82) is 0 Å². The number of halogens is 1. The van der Waals surface area contributed by atoms with Crippen molar-refractivity contribution in [3.05, 3.63) is 70.4 Å². The van der Waals surface area contributed by atoms with Crippen LogP contribution in [0.4, 0.5) is 15.8 Å². The molecule has 2 amide bonds. The molecule has 0 aliphatic carbocycles. The second-order valence-corrected chi connectivity index (χ2v) is 7.63. The molecule has 0 unspecified atom stereocenters. The Morgan fingerprint density at radius 1 is 1.09 bits per heavy atom. The lowest BCUT2D eigenvalue weighted by atomic mass is 10.2. The van der Waals surface area contributed by atoms with Crippen molar-refractivity contribution >= 4 is 35.0 Å². The van der Waals surface area contributed by atoms with Crippen LogP contribution in [0.2, 0.25) is 0 Å². The summed E-state index contributed by atoms with van der Waals surface area (Å²) in [6, 6.07) is 10.2. The monoisotopic (exact) mass is 456 g/mol. The lowest BCUT2D eigenvalue weighted by molar-refractivity contribution is -0.113. The summed E-state index contributed by atoms with van der Waals surface area (Å²) in [4.78, 5) is 41.4. The molecule has 0 spiro atoms. The predicted octanol–water partition coefficient (Wildman–Crippen LogP) is 2.63. The molecule has 164 valence electrons. The van der Waals surface area contributed by atoms with Crippen molar-refractivity contribution in [3.63, 3.8) is 0 Å². The van der Waals surface area contributed by atoms with Crippen LogP contribution in [0.1, 0.15) is 10.4 Å². The molecule has 11 heteroatoms. The topological polar surface area (TPSA) is 112 Å². The van der Waals surface area contributed by atoms with Crippen LogP contribution in [0, 0.1) is 5.82 Å². The van der Waals surface area contributed by atoms with Crippen molar-refractivity contribution in [1.82, 2.24) is 9.55 Å². The summed E-state index contributed by atoms with van der Waals surface area (Å²) < 4.78 is 24.7. The van der Waals surface area contributed by atoms with Crippen molar-refractivity contribution in [2.24, 2.45) is 7.05 Å². The number of fused-ring (bicyclic) bond motifs is 1. The van der Waals surface area contributed by atoms with Crippen LogP contribution >= 0.6 is 11.8 Å². The van der Waals surface area contributed by atoms with Crippen LogP contribution in [0.3, 0.4) is 0 Å². The SMILES string of the molecule is Cn1c(SCC(=O)Nc2ccc3c(c2)OCO3)ncc(C(=O)Nc2ccc(F)cc2)c1=O. The van der Waals surface area contributed by atoms with Gasteiger partial charge in [0.15, 0.2) is 16.7 Å². The van der Waals surface area contributed by atoms with E-state index in [1.54, 1.807) is 18.2 Å². The van der Waals surface area contributed by atoms with Gasteiger partial charge in [-0.3, -0.25) is 19.0 Å². The van der Waals surface area contributed by atoms with Crippen LogP contribution in [-0.2, 0) is 11.8 Å². The van der Waals surface area contributed by atoms with Gasteiger partial charge in [0, 0.05) is 30.7 Å². The molecule has 1 aliphatic heterocycles. The molecule has 2 aromatic carbocycles. The van der Waals surface area contributed by atoms with Gasteiger partial charge in [-0.2, -0.15) is 0 Å². The second-order valence-electron chi connectivity index (χ2n) is 6.68. The summed E-state index contributed by atoms with van der Waals surface area (Å²) in [6.07, 6.45) is 1.15. The summed E-state index contributed by atoms with van der Waals surface area (Å²) in [6.45, 7) is 0.139. The van der Waals surface area contributed by atoms with Gasteiger partial charge in [0.05, 0.1) is 5.75 Å². The van der Waals surface area contributed by atoms with E-state index in [0.717, 1.165) is 18.0 Å². The Hall–Kier alpha value is -3.86. The molecule has 32 heavy (non-hydrogen) atoms. The summed E-state index contributed by atoms with van der Waals surface area (Å²) in [5, 5.41) is 5.53. The van der Waals surface area contributed by atoms with Crippen molar-refractivity contribution < 1.29 is 23.5 Å². The first-order valence-corrected chi connectivity index (χ1v) is 10.3. The highest BCUT2D eigenvalue weighted by Crippen LogP contribution is 2.34. The van der Waals surface area contributed by atoms with Gasteiger partial charge in [-0.25, -0.2) is 9.37 Å². The Bertz CT molecular complexity index is 1250. The van der Waals surface area contributed by atoms with Crippen LogP contribution in [0.5, 0.6) is 11.5 Å². The van der Waals surface area contributed by atoms with E-state index in [2.05, 4.69) is 15.6 Å². The number of amides is 2. The van der Waals surface area contributed by atoms with Gasteiger partial charge in [-0.15, -0.1) is 0 Å². The fraction of sp³-hybridized carbons (Fsp3) is 0.143. The third-order valence-electron chi connectivity index (χ3n) is 4.46. The van der Waals surface area contributed by atoms with Gasteiger partial charge < -0.3 is 20.1 Å². The number of carbonyl (C=O) groups excluding carboxylic acids is 2. The van der Waals surface area contributed by atoms with Crippen molar-refractivity contribution in [2.75, 3.05) is 23.2 Å². The maximum absolute atomic E-state index is 13.0. The zero-order chi connectivity index (χ0) is 22.7. The normalized spacial score (nSPS) is 11.8. The molecular formula is C21H17FN4O5S. The fourth-order valence-electron chi connectivity index (χ4n) is 2.85. The summed E-state index contributed by atoms with van der Waals surface area (Å²) in [5.41, 5.74) is 0.149. The summed E-state index contributed by atoms with van der Waals surface area (Å²) in [5.74, 6) is -0.253. The molecule has 0 fully saturated rings. The molecular weight excluding hydrogens is 439 g/mol. The van der Waals surface area contributed by atoms with Gasteiger partial charge in [-0.05, 0) is 36.4 Å². The van der Waals surface area contributed by atoms with E-state index in [1.165, 1.54) is 35.9 Å². The molecule has 2 N–H and O–H groups in total. The van der Waals surface area contributed by atoms with E-state index in [1.807, 2.05) is 0 Å². The average molecular weight is 456 g/mol. The Kier molecular flexibility index (Phi) is 6.08.